The van der Waals surface area contributed by atoms with Gasteiger partial charge in [-0.1, -0.05) is 23.8 Å². The van der Waals surface area contributed by atoms with Gasteiger partial charge in [-0.15, -0.1) is 0 Å². The number of hydrogen-bond donors (Lipinski definition) is 0. The number of benzene rings is 1. The van der Waals surface area contributed by atoms with Crippen molar-refractivity contribution in [3.05, 3.63) is 77.4 Å². The highest BCUT2D eigenvalue weighted by atomic mass is 16.1. The number of carbonyl (C=O) groups excluding carboxylic acids is 2. The van der Waals surface area contributed by atoms with Crippen molar-refractivity contribution < 1.29 is 9.59 Å². The monoisotopic (exact) mass is 305 g/mol. The molecule has 114 valence electrons. The molecule has 0 saturated heterocycles. The Kier molecular flexibility index (Phi) is 3.85. The Morgan fingerprint density at radius 3 is 2.39 bits per heavy atom. The van der Waals surface area contributed by atoms with Crippen LogP contribution in [-0.4, -0.2) is 26.3 Å². The molecule has 0 aliphatic heterocycles. The molecule has 2 aromatic heterocycles. The van der Waals surface area contributed by atoms with Gasteiger partial charge in [0.25, 0.3) is 0 Å². The zero-order valence-electron chi connectivity index (χ0n) is 12.9. The van der Waals surface area contributed by atoms with E-state index in [1.54, 1.807) is 35.3 Å². The van der Waals surface area contributed by atoms with E-state index in [1.807, 2.05) is 31.2 Å². The van der Waals surface area contributed by atoms with Gasteiger partial charge in [0.2, 0.25) is 5.78 Å². The van der Waals surface area contributed by atoms with Crippen LogP contribution in [0.15, 0.2) is 54.9 Å². The number of rotatable bonds is 4. The minimum atomic E-state index is -0.311. The average Bonchev–Trinajstić information content (AvgIpc) is 3.01. The summed E-state index contributed by atoms with van der Waals surface area (Å²) in [5.74, 6) is -0.565. The molecule has 3 rings (SSSR count). The first kappa shape index (κ1) is 14.8. The van der Waals surface area contributed by atoms with Gasteiger partial charge < -0.3 is 0 Å². The molecular weight excluding hydrogens is 290 g/mol. The Balaban J connectivity index is 2.08. The zero-order valence-corrected chi connectivity index (χ0v) is 12.9. The van der Waals surface area contributed by atoms with Gasteiger partial charge in [-0.25, -0.2) is 4.68 Å². The van der Waals surface area contributed by atoms with Gasteiger partial charge in [0.1, 0.15) is 11.4 Å². The molecule has 0 spiro atoms. The van der Waals surface area contributed by atoms with Crippen molar-refractivity contribution in [2.24, 2.45) is 0 Å². The van der Waals surface area contributed by atoms with Crippen LogP contribution in [0.3, 0.4) is 0 Å². The molecule has 0 amide bonds. The molecule has 0 radical (unpaired) electrons. The maximum Gasteiger partial charge on any atom is 0.215 e. The fourth-order valence-electron chi connectivity index (χ4n) is 2.26. The Hall–Kier alpha value is -3.08. The van der Waals surface area contributed by atoms with Crippen LogP contribution < -0.4 is 0 Å². The maximum absolute atomic E-state index is 12.6. The van der Waals surface area contributed by atoms with Gasteiger partial charge in [-0.2, -0.15) is 5.10 Å². The summed E-state index contributed by atoms with van der Waals surface area (Å²) in [4.78, 5) is 28.5. The molecule has 0 N–H and O–H groups in total. The van der Waals surface area contributed by atoms with Crippen molar-refractivity contribution in [2.75, 3.05) is 0 Å². The number of ketones is 2. The molecule has 23 heavy (non-hydrogen) atoms. The van der Waals surface area contributed by atoms with E-state index in [-0.39, 0.29) is 22.8 Å². The third-order valence-electron chi connectivity index (χ3n) is 3.49. The predicted octanol–water partition coefficient (Wildman–Crippen LogP) is 3.01. The van der Waals surface area contributed by atoms with Crippen LogP contribution >= 0.6 is 0 Å². The fraction of sp³-hybridized carbons (Fsp3) is 0.111. The van der Waals surface area contributed by atoms with Gasteiger partial charge >= 0.3 is 0 Å². The van der Waals surface area contributed by atoms with E-state index in [1.165, 1.54) is 6.92 Å². The molecule has 0 saturated carbocycles. The van der Waals surface area contributed by atoms with Crippen LogP contribution in [0.25, 0.3) is 5.69 Å². The summed E-state index contributed by atoms with van der Waals surface area (Å²) in [6.07, 6.45) is 3.13. The standard InChI is InChI=1S/C18H15N3O2/c1-12-6-8-14(9-7-12)21-11-15(17(20-21)13(2)22)18(23)16-5-3-4-10-19-16/h3-11H,1-2H3. The first-order valence-corrected chi connectivity index (χ1v) is 7.19. The molecule has 0 aliphatic carbocycles. The molecule has 0 unspecified atom stereocenters. The van der Waals surface area contributed by atoms with Gasteiger partial charge in [0.05, 0.1) is 11.3 Å². The topological polar surface area (TPSA) is 64.8 Å². The zero-order chi connectivity index (χ0) is 16.4. The second kappa shape index (κ2) is 5.96. The van der Waals surface area contributed by atoms with E-state index in [4.69, 9.17) is 0 Å². The number of pyridine rings is 1. The normalized spacial score (nSPS) is 10.5. The second-order valence-electron chi connectivity index (χ2n) is 5.27. The quantitative estimate of drug-likeness (QED) is 0.695. The SMILES string of the molecule is CC(=O)c1nn(-c2ccc(C)cc2)cc1C(=O)c1ccccn1. The van der Waals surface area contributed by atoms with Crippen molar-refractivity contribution in [2.45, 2.75) is 13.8 Å². The minimum Gasteiger partial charge on any atom is -0.293 e. The van der Waals surface area contributed by atoms with Crippen LogP contribution in [-0.2, 0) is 0 Å². The van der Waals surface area contributed by atoms with Gasteiger partial charge in [0, 0.05) is 19.3 Å². The highest BCUT2D eigenvalue weighted by Gasteiger charge is 2.22. The Morgan fingerprint density at radius 1 is 1.04 bits per heavy atom. The summed E-state index contributed by atoms with van der Waals surface area (Å²) in [7, 11) is 0. The third kappa shape index (κ3) is 2.94. The first-order valence-electron chi connectivity index (χ1n) is 7.19. The molecule has 2 heterocycles. The summed E-state index contributed by atoms with van der Waals surface area (Å²) in [6, 6.07) is 12.8. The molecule has 0 bridgehead atoms. The Labute approximate surface area is 133 Å². The van der Waals surface area contributed by atoms with Crippen molar-refractivity contribution in [1.82, 2.24) is 14.8 Å². The lowest BCUT2D eigenvalue weighted by Crippen LogP contribution is -2.08. The minimum absolute atomic E-state index is 0.154. The highest BCUT2D eigenvalue weighted by molar-refractivity contribution is 6.13. The molecule has 5 nitrogen and oxygen atoms in total. The predicted molar refractivity (Wildman–Crippen MR) is 86.0 cm³/mol. The summed E-state index contributed by atoms with van der Waals surface area (Å²) < 4.78 is 1.55. The van der Waals surface area contributed by atoms with E-state index in [0.717, 1.165) is 11.3 Å². The molecular formula is C18H15N3O2. The van der Waals surface area contributed by atoms with Crippen molar-refractivity contribution in [1.29, 1.82) is 0 Å². The van der Waals surface area contributed by atoms with Crippen molar-refractivity contribution in [3.63, 3.8) is 0 Å². The number of hydrogen-bond acceptors (Lipinski definition) is 4. The van der Waals surface area contributed by atoms with Crippen LogP contribution in [0.2, 0.25) is 0 Å². The Morgan fingerprint density at radius 2 is 1.78 bits per heavy atom. The number of nitrogens with zero attached hydrogens (tertiary/aromatic N) is 3. The molecule has 0 fully saturated rings. The average molecular weight is 305 g/mol. The lowest BCUT2D eigenvalue weighted by atomic mass is 10.1. The Bertz CT molecular complexity index is 865. The maximum atomic E-state index is 12.6. The van der Waals surface area contributed by atoms with E-state index in [2.05, 4.69) is 10.1 Å². The number of Topliss-reactive ketones (excluding diaryl/α,β-unsaturated/α-hetero) is 1. The highest BCUT2D eigenvalue weighted by Crippen LogP contribution is 2.17. The molecule has 0 aliphatic rings. The molecule has 1 aromatic carbocycles. The molecule has 0 atom stereocenters. The lowest BCUT2D eigenvalue weighted by molar-refractivity contribution is 0.0985. The second-order valence-corrected chi connectivity index (χ2v) is 5.27. The number of aryl methyl sites for hydroxylation is 1. The van der Waals surface area contributed by atoms with Crippen LogP contribution in [0, 0.1) is 6.92 Å². The molecule has 3 aromatic rings. The lowest BCUT2D eigenvalue weighted by Gasteiger charge is -2.00. The van der Waals surface area contributed by atoms with Crippen LogP contribution in [0.1, 0.15) is 39.0 Å². The van der Waals surface area contributed by atoms with E-state index in [9.17, 15) is 9.59 Å². The van der Waals surface area contributed by atoms with Gasteiger partial charge in [0.15, 0.2) is 5.78 Å². The summed E-state index contributed by atoms with van der Waals surface area (Å²) in [6.45, 7) is 3.39. The van der Waals surface area contributed by atoms with E-state index < -0.39 is 0 Å². The summed E-state index contributed by atoms with van der Waals surface area (Å²) in [5.41, 5.74) is 2.62. The van der Waals surface area contributed by atoms with Gasteiger partial charge in [-0.05, 0) is 31.2 Å². The first-order chi connectivity index (χ1) is 11.1. The number of aromatic nitrogens is 3. The third-order valence-corrected chi connectivity index (χ3v) is 3.49. The number of carbonyl (C=O) groups is 2. The van der Waals surface area contributed by atoms with Crippen LogP contribution in [0.4, 0.5) is 0 Å². The van der Waals surface area contributed by atoms with E-state index >= 15 is 0 Å². The fourth-order valence-corrected chi connectivity index (χ4v) is 2.26. The van der Waals surface area contributed by atoms with Crippen LogP contribution in [0.5, 0.6) is 0 Å². The summed E-state index contributed by atoms with van der Waals surface area (Å²) >= 11 is 0. The molecule has 5 heteroatoms. The smallest absolute Gasteiger partial charge is 0.215 e. The summed E-state index contributed by atoms with van der Waals surface area (Å²) in [5, 5.41) is 4.27. The van der Waals surface area contributed by atoms with Crippen molar-refractivity contribution >= 4 is 11.6 Å². The van der Waals surface area contributed by atoms with Gasteiger partial charge in [-0.3, -0.25) is 14.6 Å². The van der Waals surface area contributed by atoms with E-state index in [0.29, 0.717) is 5.69 Å². The van der Waals surface area contributed by atoms with Crippen molar-refractivity contribution in [3.8, 4) is 5.69 Å². The largest absolute Gasteiger partial charge is 0.293 e.